The highest BCUT2D eigenvalue weighted by Gasteiger charge is 2.19. The molecule has 0 aromatic heterocycles. The molecule has 1 amide bonds. The normalized spacial score (nSPS) is 11.0. The van der Waals surface area contributed by atoms with Crippen LogP contribution in [0, 0.1) is 0 Å². The van der Waals surface area contributed by atoms with Crippen LogP contribution in [0.4, 0.5) is 0 Å². The van der Waals surface area contributed by atoms with Gasteiger partial charge in [-0.1, -0.05) is 60.7 Å². The lowest BCUT2D eigenvalue weighted by Crippen LogP contribution is -2.30. The van der Waals surface area contributed by atoms with Gasteiger partial charge in [0.25, 0.3) is 0 Å². The van der Waals surface area contributed by atoms with Gasteiger partial charge in [0.05, 0.1) is 20.8 Å². The number of methoxy groups -OCH3 is 2. The minimum atomic E-state index is -0.447. The van der Waals surface area contributed by atoms with Crippen LogP contribution in [0.25, 0.3) is 0 Å². The van der Waals surface area contributed by atoms with E-state index in [-0.39, 0.29) is 5.92 Å². The summed E-state index contributed by atoms with van der Waals surface area (Å²) in [6.07, 6.45) is 0.828. The maximum absolute atomic E-state index is 11.3. The van der Waals surface area contributed by atoms with Crippen LogP contribution in [0.3, 0.4) is 0 Å². The minimum Gasteiger partial charge on any atom is -0.497 e. The number of carbonyl (C=O) groups excluding carboxylic acids is 1. The minimum absolute atomic E-state index is 0.210. The molecule has 0 saturated heterocycles. The lowest BCUT2D eigenvalue weighted by atomic mass is 9.90. The smallest absolute Gasteiger partial charge is 0.248 e. The van der Waals surface area contributed by atoms with Crippen LogP contribution in [0.15, 0.2) is 103 Å². The zero-order valence-electron chi connectivity index (χ0n) is 22.6. The van der Waals surface area contributed by atoms with Crippen LogP contribution in [0.5, 0.6) is 17.2 Å². The van der Waals surface area contributed by atoms with Crippen LogP contribution in [0.2, 0.25) is 0 Å². The Kier molecular flexibility index (Phi) is 9.98. The van der Waals surface area contributed by atoms with Crippen LogP contribution in [-0.2, 0) is 6.54 Å². The lowest BCUT2D eigenvalue weighted by Gasteiger charge is -2.29. The molecule has 6 nitrogen and oxygen atoms in total. The second-order valence-electron chi connectivity index (χ2n) is 9.42. The van der Waals surface area contributed by atoms with Gasteiger partial charge >= 0.3 is 0 Å². The first kappa shape index (κ1) is 27.7. The molecule has 0 unspecified atom stereocenters. The average molecular weight is 525 g/mol. The number of hydrogen-bond donors (Lipinski definition) is 1. The first-order valence-corrected chi connectivity index (χ1v) is 13.1. The molecule has 202 valence electrons. The monoisotopic (exact) mass is 524 g/mol. The lowest BCUT2D eigenvalue weighted by molar-refractivity contribution is 0.1000. The molecule has 0 bridgehead atoms. The van der Waals surface area contributed by atoms with Crippen molar-refractivity contribution in [1.82, 2.24) is 4.90 Å². The second-order valence-corrected chi connectivity index (χ2v) is 9.42. The van der Waals surface area contributed by atoms with Gasteiger partial charge in [0.15, 0.2) is 0 Å². The van der Waals surface area contributed by atoms with Gasteiger partial charge in [0.2, 0.25) is 5.91 Å². The molecule has 0 atom stereocenters. The van der Waals surface area contributed by atoms with E-state index in [1.165, 1.54) is 11.1 Å². The zero-order valence-corrected chi connectivity index (χ0v) is 22.6. The van der Waals surface area contributed by atoms with Crippen molar-refractivity contribution in [2.45, 2.75) is 18.9 Å². The Hall–Kier alpha value is -4.29. The number of ether oxygens (including phenoxy) is 3. The Morgan fingerprint density at radius 2 is 1.33 bits per heavy atom. The van der Waals surface area contributed by atoms with Crippen molar-refractivity contribution in [3.05, 3.63) is 125 Å². The predicted molar refractivity (Wildman–Crippen MR) is 155 cm³/mol. The van der Waals surface area contributed by atoms with Crippen molar-refractivity contribution in [1.29, 1.82) is 0 Å². The topological polar surface area (TPSA) is 74.0 Å². The molecule has 39 heavy (non-hydrogen) atoms. The quantitative estimate of drug-likeness (QED) is 0.208. The Bertz CT molecular complexity index is 1250. The number of nitrogens with two attached hydrogens (primary N) is 1. The number of carbonyl (C=O) groups is 1. The van der Waals surface area contributed by atoms with Crippen LogP contribution in [-0.4, -0.2) is 44.7 Å². The van der Waals surface area contributed by atoms with E-state index in [1.807, 2.05) is 6.07 Å². The molecule has 0 radical (unpaired) electrons. The van der Waals surface area contributed by atoms with Gasteiger partial charge in [-0.15, -0.1) is 0 Å². The van der Waals surface area contributed by atoms with Crippen molar-refractivity contribution in [2.75, 3.05) is 33.9 Å². The molecular formula is C33H36N2O4. The van der Waals surface area contributed by atoms with Gasteiger partial charge in [-0.2, -0.15) is 0 Å². The molecule has 4 aromatic carbocycles. The molecule has 4 aromatic rings. The highest BCUT2D eigenvalue weighted by Crippen LogP contribution is 2.28. The summed E-state index contributed by atoms with van der Waals surface area (Å²) >= 11 is 0. The van der Waals surface area contributed by atoms with Gasteiger partial charge in [-0.05, 0) is 59.5 Å². The van der Waals surface area contributed by atoms with E-state index >= 15 is 0 Å². The molecule has 0 fully saturated rings. The number of amides is 1. The summed E-state index contributed by atoms with van der Waals surface area (Å²) in [5.41, 5.74) is 9.49. The highest BCUT2D eigenvalue weighted by atomic mass is 16.5. The van der Waals surface area contributed by atoms with E-state index in [2.05, 4.69) is 77.7 Å². The Labute approximate surface area is 230 Å². The van der Waals surface area contributed by atoms with E-state index in [0.29, 0.717) is 12.2 Å². The zero-order chi connectivity index (χ0) is 27.5. The summed E-state index contributed by atoms with van der Waals surface area (Å²) in [5, 5.41) is 0. The third-order valence-electron chi connectivity index (χ3n) is 6.69. The maximum Gasteiger partial charge on any atom is 0.248 e. The Balaban J connectivity index is 1.52. The van der Waals surface area contributed by atoms with Gasteiger partial charge < -0.3 is 19.9 Å². The molecule has 0 aliphatic rings. The van der Waals surface area contributed by atoms with Crippen molar-refractivity contribution in [3.63, 3.8) is 0 Å². The number of primary amides is 1. The SMILES string of the molecule is COc1cc(CN(CCCOc2ccc(C(N)=O)cc2)CC(c2ccccc2)c2ccccc2)cc(OC)c1. The molecule has 0 aliphatic carbocycles. The Morgan fingerprint density at radius 1 is 0.769 bits per heavy atom. The van der Waals surface area contributed by atoms with Crippen molar-refractivity contribution in [2.24, 2.45) is 5.73 Å². The molecule has 4 rings (SSSR count). The van der Waals surface area contributed by atoms with Crippen LogP contribution >= 0.6 is 0 Å². The van der Waals surface area contributed by atoms with E-state index in [0.717, 1.165) is 48.9 Å². The number of rotatable bonds is 14. The highest BCUT2D eigenvalue weighted by molar-refractivity contribution is 5.92. The number of benzene rings is 4. The van der Waals surface area contributed by atoms with Gasteiger partial charge in [0.1, 0.15) is 17.2 Å². The molecular weight excluding hydrogens is 488 g/mol. The third kappa shape index (κ3) is 8.09. The van der Waals surface area contributed by atoms with E-state index in [1.54, 1.807) is 38.5 Å². The molecule has 0 heterocycles. The fourth-order valence-corrected chi connectivity index (χ4v) is 4.68. The molecule has 0 saturated carbocycles. The van der Waals surface area contributed by atoms with Gasteiger partial charge in [-0.3, -0.25) is 9.69 Å². The largest absolute Gasteiger partial charge is 0.497 e. The summed E-state index contributed by atoms with van der Waals surface area (Å²) in [6, 6.07) is 34.2. The van der Waals surface area contributed by atoms with Crippen LogP contribution < -0.4 is 19.9 Å². The molecule has 6 heteroatoms. The summed E-state index contributed by atoms with van der Waals surface area (Å²) in [4.78, 5) is 13.8. The Morgan fingerprint density at radius 3 is 1.85 bits per heavy atom. The average Bonchev–Trinajstić information content (AvgIpc) is 2.98. The fraction of sp³-hybridized carbons (Fsp3) is 0.242. The fourth-order valence-electron chi connectivity index (χ4n) is 4.68. The van der Waals surface area contributed by atoms with Gasteiger partial charge in [0, 0.05) is 37.2 Å². The predicted octanol–water partition coefficient (Wildman–Crippen LogP) is 5.91. The maximum atomic E-state index is 11.3. The molecule has 2 N–H and O–H groups in total. The standard InChI is InChI=1S/C33H36N2O4/c1-37-30-20-25(21-31(22-30)38-2)23-35(18-9-19-39-29-16-14-28(15-17-29)33(34)36)24-32(26-10-5-3-6-11-26)27-12-7-4-8-13-27/h3-8,10-17,20-22,32H,9,18-19,23-24H2,1-2H3,(H2,34,36). The first-order valence-electron chi connectivity index (χ1n) is 13.1. The van der Waals surface area contributed by atoms with E-state index < -0.39 is 5.91 Å². The summed E-state index contributed by atoms with van der Waals surface area (Å²) in [6.45, 7) is 2.95. The van der Waals surface area contributed by atoms with Gasteiger partial charge in [-0.25, -0.2) is 0 Å². The summed E-state index contributed by atoms with van der Waals surface area (Å²) in [5.74, 6) is 2.03. The summed E-state index contributed by atoms with van der Waals surface area (Å²) < 4.78 is 17.0. The summed E-state index contributed by atoms with van der Waals surface area (Å²) in [7, 11) is 3.34. The van der Waals surface area contributed by atoms with E-state index in [9.17, 15) is 4.79 Å². The number of hydrogen-bond acceptors (Lipinski definition) is 5. The first-order chi connectivity index (χ1) is 19.1. The van der Waals surface area contributed by atoms with E-state index in [4.69, 9.17) is 19.9 Å². The van der Waals surface area contributed by atoms with Crippen molar-refractivity contribution < 1.29 is 19.0 Å². The molecule has 0 spiro atoms. The second kappa shape index (κ2) is 14.0. The van der Waals surface area contributed by atoms with Crippen molar-refractivity contribution in [3.8, 4) is 17.2 Å². The van der Waals surface area contributed by atoms with Crippen LogP contribution in [0.1, 0.15) is 39.4 Å². The van der Waals surface area contributed by atoms with Crippen molar-refractivity contribution >= 4 is 5.91 Å². The number of nitrogens with zero attached hydrogens (tertiary/aromatic N) is 1. The third-order valence-corrected chi connectivity index (χ3v) is 6.69. The molecule has 0 aliphatic heterocycles.